The molecule has 1 atom stereocenters. The molecule has 150 valence electrons. The third-order valence-corrected chi connectivity index (χ3v) is 4.30. The molecule has 0 saturated carbocycles. The van der Waals surface area contributed by atoms with Crippen molar-refractivity contribution in [1.29, 1.82) is 0 Å². The zero-order valence-corrected chi connectivity index (χ0v) is 16.5. The summed E-state index contributed by atoms with van der Waals surface area (Å²) in [6.07, 6.45) is 1.56. The molecule has 8 heteroatoms. The third kappa shape index (κ3) is 5.42. The summed E-state index contributed by atoms with van der Waals surface area (Å²) in [6.45, 7) is 6.14. The van der Waals surface area contributed by atoms with Crippen LogP contribution < -0.4 is 16.8 Å². The molecule has 0 aliphatic rings. The van der Waals surface area contributed by atoms with Gasteiger partial charge in [-0.2, -0.15) is 0 Å². The second-order valence-corrected chi connectivity index (χ2v) is 6.56. The largest absolute Gasteiger partial charge is 0.449 e. The summed E-state index contributed by atoms with van der Waals surface area (Å²) in [5, 5.41) is 3.16. The van der Waals surface area contributed by atoms with E-state index in [1.54, 1.807) is 0 Å². The Bertz CT molecular complexity index is 854. The quantitative estimate of drug-likeness (QED) is 0.607. The van der Waals surface area contributed by atoms with Gasteiger partial charge in [0.25, 0.3) is 5.91 Å². The van der Waals surface area contributed by atoms with Gasteiger partial charge in [0.05, 0.1) is 18.0 Å². The Morgan fingerprint density at radius 3 is 2.54 bits per heavy atom. The lowest BCUT2D eigenvalue weighted by Gasteiger charge is -2.16. The average Bonchev–Trinajstić information content (AvgIpc) is 2.66. The Kier molecular flexibility index (Phi) is 7.31. The standard InChI is InChI=1S/C20H27N5O3/c1-4-7-16-15(5-2)24-17(18(21)26)19(25-16)23-14-9-6-8-13(10-14)12(3)11-28-20(22)27/h6,8-10,12H,4-5,7,11H2,1-3H3,(H2,21,26)(H2,22,27)(H,23,25). The molecule has 0 aliphatic carbocycles. The number of amides is 2. The van der Waals surface area contributed by atoms with Gasteiger partial charge in [-0.3, -0.25) is 4.79 Å². The molecule has 1 aromatic heterocycles. The van der Waals surface area contributed by atoms with Gasteiger partial charge in [-0.1, -0.05) is 39.3 Å². The zero-order valence-electron chi connectivity index (χ0n) is 16.5. The predicted octanol–water partition coefficient (Wildman–Crippen LogP) is 3.03. The maximum Gasteiger partial charge on any atom is 0.404 e. The van der Waals surface area contributed by atoms with Crippen LogP contribution in [0.2, 0.25) is 0 Å². The van der Waals surface area contributed by atoms with Crippen molar-refractivity contribution >= 4 is 23.5 Å². The van der Waals surface area contributed by atoms with E-state index in [1.165, 1.54) is 0 Å². The highest BCUT2D eigenvalue weighted by atomic mass is 16.5. The number of aryl methyl sites for hydroxylation is 2. The van der Waals surface area contributed by atoms with Crippen molar-refractivity contribution in [3.05, 3.63) is 46.9 Å². The number of nitrogens with one attached hydrogen (secondary N) is 1. The minimum atomic E-state index is -0.804. The van der Waals surface area contributed by atoms with Gasteiger partial charge in [-0.25, -0.2) is 14.8 Å². The Morgan fingerprint density at radius 1 is 1.18 bits per heavy atom. The van der Waals surface area contributed by atoms with Crippen molar-refractivity contribution in [3.8, 4) is 0 Å². The highest BCUT2D eigenvalue weighted by Crippen LogP contribution is 2.24. The Morgan fingerprint density at radius 2 is 1.93 bits per heavy atom. The van der Waals surface area contributed by atoms with E-state index in [9.17, 15) is 9.59 Å². The van der Waals surface area contributed by atoms with Crippen molar-refractivity contribution in [2.45, 2.75) is 46.0 Å². The van der Waals surface area contributed by atoms with Crippen LogP contribution in [0.5, 0.6) is 0 Å². The summed E-state index contributed by atoms with van der Waals surface area (Å²) < 4.78 is 4.87. The van der Waals surface area contributed by atoms with Gasteiger partial charge in [-0.15, -0.1) is 0 Å². The summed E-state index contributed by atoms with van der Waals surface area (Å²) in [5.74, 6) is -0.340. The maximum atomic E-state index is 11.9. The van der Waals surface area contributed by atoms with Gasteiger partial charge >= 0.3 is 6.09 Å². The maximum absolute atomic E-state index is 11.9. The molecule has 28 heavy (non-hydrogen) atoms. The van der Waals surface area contributed by atoms with Crippen LogP contribution in [0, 0.1) is 0 Å². The van der Waals surface area contributed by atoms with Crippen molar-refractivity contribution in [3.63, 3.8) is 0 Å². The van der Waals surface area contributed by atoms with Gasteiger partial charge in [-0.05, 0) is 30.5 Å². The number of primary amides is 2. The van der Waals surface area contributed by atoms with Crippen LogP contribution in [0.25, 0.3) is 0 Å². The first-order chi connectivity index (χ1) is 13.3. The molecule has 2 aromatic rings. The lowest BCUT2D eigenvalue weighted by Crippen LogP contribution is -2.19. The molecule has 1 unspecified atom stereocenters. The molecule has 5 N–H and O–H groups in total. The number of carbonyl (C=O) groups is 2. The Hall–Kier alpha value is -3.16. The van der Waals surface area contributed by atoms with Crippen LogP contribution >= 0.6 is 0 Å². The van der Waals surface area contributed by atoms with E-state index < -0.39 is 12.0 Å². The molecule has 1 aromatic carbocycles. The molecule has 2 rings (SSSR count). The van der Waals surface area contributed by atoms with Crippen molar-refractivity contribution in [1.82, 2.24) is 9.97 Å². The number of aromatic nitrogens is 2. The van der Waals surface area contributed by atoms with E-state index in [2.05, 4.69) is 22.2 Å². The number of ether oxygens (including phenoxy) is 1. The molecular weight excluding hydrogens is 358 g/mol. The monoisotopic (exact) mass is 385 g/mol. The lowest BCUT2D eigenvalue weighted by molar-refractivity contribution is 0.0995. The van der Waals surface area contributed by atoms with Crippen LogP contribution in [0.15, 0.2) is 24.3 Å². The molecule has 0 spiro atoms. The number of nitrogens with two attached hydrogens (primary N) is 2. The number of rotatable bonds is 9. The fourth-order valence-electron chi connectivity index (χ4n) is 2.85. The van der Waals surface area contributed by atoms with Gasteiger partial charge in [0, 0.05) is 11.6 Å². The number of hydrogen-bond donors (Lipinski definition) is 3. The number of carbonyl (C=O) groups excluding carboxylic acids is 2. The van der Waals surface area contributed by atoms with Crippen LogP contribution in [0.4, 0.5) is 16.3 Å². The molecule has 1 heterocycles. The van der Waals surface area contributed by atoms with Crippen molar-refractivity contribution in [2.75, 3.05) is 11.9 Å². The summed E-state index contributed by atoms with van der Waals surface area (Å²) in [7, 11) is 0. The first-order valence-electron chi connectivity index (χ1n) is 9.34. The first-order valence-corrected chi connectivity index (χ1v) is 9.34. The number of nitrogens with zero attached hydrogens (tertiary/aromatic N) is 2. The smallest absolute Gasteiger partial charge is 0.404 e. The normalized spacial score (nSPS) is 11.7. The van der Waals surface area contributed by atoms with Crippen LogP contribution in [0.3, 0.4) is 0 Å². The van der Waals surface area contributed by atoms with E-state index in [1.807, 2.05) is 38.1 Å². The van der Waals surface area contributed by atoms with Gasteiger partial charge in [0.15, 0.2) is 11.5 Å². The fourth-order valence-corrected chi connectivity index (χ4v) is 2.85. The second-order valence-electron chi connectivity index (χ2n) is 6.56. The highest BCUT2D eigenvalue weighted by molar-refractivity contribution is 5.96. The number of anilines is 2. The van der Waals surface area contributed by atoms with E-state index >= 15 is 0 Å². The van der Waals surface area contributed by atoms with Crippen molar-refractivity contribution in [2.24, 2.45) is 11.5 Å². The van der Waals surface area contributed by atoms with Crippen molar-refractivity contribution < 1.29 is 14.3 Å². The Labute approximate surface area is 164 Å². The summed E-state index contributed by atoms with van der Waals surface area (Å²) in [6, 6.07) is 7.53. The van der Waals surface area contributed by atoms with E-state index in [0.29, 0.717) is 12.2 Å². The molecule has 0 bridgehead atoms. The summed E-state index contributed by atoms with van der Waals surface area (Å²) >= 11 is 0. The van der Waals surface area contributed by atoms with Crippen LogP contribution in [-0.2, 0) is 17.6 Å². The first kappa shape index (κ1) is 21.1. The van der Waals surface area contributed by atoms with Crippen LogP contribution in [-0.4, -0.2) is 28.6 Å². The molecule has 0 fully saturated rings. The molecule has 0 saturated heterocycles. The summed E-state index contributed by atoms with van der Waals surface area (Å²) in [4.78, 5) is 31.8. The topological polar surface area (TPSA) is 133 Å². The molecule has 0 radical (unpaired) electrons. The van der Waals surface area contributed by atoms with E-state index in [-0.39, 0.29) is 18.2 Å². The molecule has 0 aliphatic heterocycles. The predicted molar refractivity (Wildman–Crippen MR) is 108 cm³/mol. The van der Waals surface area contributed by atoms with Gasteiger partial charge < -0.3 is 21.5 Å². The SMILES string of the molecule is CCCc1nc(Nc2cccc(C(C)COC(N)=O)c2)c(C(N)=O)nc1CC. The molecule has 8 nitrogen and oxygen atoms in total. The molecule has 2 amide bonds. The zero-order chi connectivity index (χ0) is 20.7. The lowest BCUT2D eigenvalue weighted by atomic mass is 10.0. The fraction of sp³-hybridized carbons (Fsp3) is 0.400. The molecular formula is C20H27N5O3. The minimum Gasteiger partial charge on any atom is -0.449 e. The second kappa shape index (κ2) is 9.68. The van der Waals surface area contributed by atoms with Gasteiger partial charge in [0.1, 0.15) is 0 Å². The van der Waals surface area contributed by atoms with Crippen LogP contribution in [0.1, 0.15) is 60.5 Å². The average molecular weight is 385 g/mol. The minimum absolute atomic E-state index is 0.0472. The number of benzene rings is 1. The highest BCUT2D eigenvalue weighted by Gasteiger charge is 2.17. The third-order valence-electron chi connectivity index (χ3n) is 4.30. The van der Waals surface area contributed by atoms with E-state index in [4.69, 9.17) is 16.2 Å². The van der Waals surface area contributed by atoms with Gasteiger partial charge in [0.2, 0.25) is 0 Å². The van der Waals surface area contributed by atoms with E-state index in [0.717, 1.165) is 35.5 Å². The Balaban J connectivity index is 2.33. The summed E-state index contributed by atoms with van der Waals surface area (Å²) in [5.41, 5.74) is 14.0. The number of hydrogen-bond acceptors (Lipinski definition) is 6.